The summed E-state index contributed by atoms with van der Waals surface area (Å²) in [5, 5.41) is 3.33. The van der Waals surface area contributed by atoms with Gasteiger partial charge in [-0.15, -0.1) is 0 Å². The van der Waals surface area contributed by atoms with Crippen molar-refractivity contribution in [1.82, 2.24) is 4.31 Å². The van der Waals surface area contributed by atoms with Gasteiger partial charge in [0.05, 0.1) is 13.0 Å². The number of rotatable bonds is 5. The van der Waals surface area contributed by atoms with Crippen molar-refractivity contribution in [1.29, 1.82) is 0 Å². The third kappa shape index (κ3) is 4.71. The average molecular weight is 441 g/mol. The zero-order valence-corrected chi connectivity index (χ0v) is 17.7. The van der Waals surface area contributed by atoms with Gasteiger partial charge in [-0.05, 0) is 55.7 Å². The predicted octanol–water partition coefficient (Wildman–Crippen LogP) is 3.84. The first kappa shape index (κ1) is 21.5. The molecule has 1 atom stereocenters. The molecule has 0 saturated carbocycles. The molecule has 1 N–H and O–H groups in total. The highest BCUT2D eigenvalue weighted by molar-refractivity contribution is 7.89. The van der Waals surface area contributed by atoms with Crippen LogP contribution in [-0.2, 0) is 14.8 Å². The molecule has 0 aliphatic carbocycles. The van der Waals surface area contributed by atoms with Gasteiger partial charge >= 0.3 is 0 Å². The monoisotopic (exact) mass is 440 g/mol. The second-order valence-corrected chi connectivity index (χ2v) is 9.29. The number of hydrogen-bond donors (Lipinski definition) is 1. The molecule has 3 rings (SSSR count). The first-order valence-corrected chi connectivity index (χ1v) is 10.9. The predicted molar refractivity (Wildman–Crippen MR) is 109 cm³/mol. The van der Waals surface area contributed by atoms with Crippen LogP contribution in [0.25, 0.3) is 0 Å². The number of benzene rings is 2. The molecular weight excluding hydrogens is 419 g/mol. The number of halogens is 2. The number of ether oxygens (including phenoxy) is 1. The topological polar surface area (TPSA) is 75.7 Å². The minimum atomic E-state index is -4.01. The summed E-state index contributed by atoms with van der Waals surface area (Å²) < 4.78 is 46.1. The highest BCUT2D eigenvalue weighted by Gasteiger charge is 2.35. The van der Waals surface area contributed by atoms with E-state index in [1.54, 1.807) is 18.2 Å². The molecule has 9 heteroatoms. The van der Waals surface area contributed by atoms with Gasteiger partial charge in [0.15, 0.2) is 0 Å². The van der Waals surface area contributed by atoms with Crippen LogP contribution in [0.4, 0.5) is 10.1 Å². The quantitative estimate of drug-likeness (QED) is 0.766. The molecule has 156 valence electrons. The highest BCUT2D eigenvalue weighted by atomic mass is 35.5. The zero-order valence-electron chi connectivity index (χ0n) is 16.1. The molecule has 2 aromatic rings. The molecule has 0 bridgehead atoms. The summed E-state index contributed by atoms with van der Waals surface area (Å²) in [5.41, 5.74) is 1.45. The summed E-state index contributed by atoms with van der Waals surface area (Å²) in [6, 6.07) is 8.53. The van der Waals surface area contributed by atoms with Crippen LogP contribution in [0.2, 0.25) is 5.02 Å². The third-order valence-corrected chi connectivity index (χ3v) is 7.08. The average Bonchev–Trinajstić information content (AvgIpc) is 2.70. The standard InChI is InChI=1S/C20H22ClFN2O4S/c1-13-5-6-15(21)10-17(13)23-20(25)14-4-3-9-24(12-14)29(26,27)19-11-16(22)7-8-18(19)28-2/h5-8,10-11,14H,3-4,9,12H2,1-2H3,(H,23,25)/t14-/m0/s1. The number of nitrogens with zero attached hydrogens (tertiary/aromatic N) is 1. The second kappa shape index (κ2) is 8.69. The first-order valence-electron chi connectivity index (χ1n) is 9.13. The molecule has 6 nitrogen and oxygen atoms in total. The molecule has 1 aliphatic heterocycles. The molecule has 1 aliphatic rings. The number of anilines is 1. The molecule has 1 saturated heterocycles. The lowest BCUT2D eigenvalue weighted by molar-refractivity contribution is -0.120. The largest absolute Gasteiger partial charge is 0.495 e. The summed E-state index contributed by atoms with van der Waals surface area (Å²) in [6.07, 6.45) is 1.07. The zero-order chi connectivity index (χ0) is 21.2. The maximum atomic E-state index is 13.7. The lowest BCUT2D eigenvalue weighted by atomic mass is 9.98. The van der Waals surface area contributed by atoms with E-state index in [2.05, 4.69) is 5.32 Å². The smallest absolute Gasteiger partial charge is 0.246 e. The Labute approximate surface area is 174 Å². The van der Waals surface area contributed by atoms with Crippen LogP contribution < -0.4 is 10.1 Å². The van der Waals surface area contributed by atoms with E-state index in [9.17, 15) is 17.6 Å². The molecule has 1 heterocycles. The van der Waals surface area contributed by atoms with E-state index in [0.717, 1.165) is 17.7 Å². The van der Waals surface area contributed by atoms with Crippen molar-refractivity contribution in [3.63, 3.8) is 0 Å². The summed E-state index contributed by atoms with van der Waals surface area (Å²) in [5.74, 6) is -1.42. The molecule has 0 unspecified atom stereocenters. The van der Waals surface area contributed by atoms with E-state index in [4.69, 9.17) is 16.3 Å². The lowest BCUT2D eigenvalue weighted by Crippen LogP contribution is -2.43. The van der Waals surface area contributed by atoms with E-state index < -0.39 is 21.8 Å². The first-order chi connectivity index (χ1) is 13.7. The minimum absolute atomic E-state index is 0.00739. The van der Waals surface area contributed by atoms with Gasteiger partial charge in [-0.1, -0.05) is 17.7 Å². The second-order valence-electron chi connectivity index (χ2n) is 6.95. The van der Waals surface area contributed by atoms with Crippen molar-refractivity contribution in [2.75, 3.05) is 25.5 Å². The summed E-state index contributed by atoms with van der Waals surface area (Å²) in [4.78, 5) is 12.5. The van der Waals surface area contributed by atoms with Crippen LogP contribution in [0.15, 0.2) is 41.3 Å². The Balaban J connectivity index is 1.80. The number of hydrogen-bond acceptors (Lipinski definition) is 4. The van der Waals surface area contributed by atoms with E-state index in [1.165, 1.54) is 17.5 Å². The number of amides is 1. The number of sulfonamides is 1. The summed E-state index contributed by atoms with van der Waals surface area (Å²) >= 11 is 6.00. The van der Waals surface area contributed by atoms with Gasteiger partial charge in [0.1, 0.15) is 16.5 Å². The number of methoxy groups -OCH3 is 1. The van der Waals surface area contributed by atoms with Crippen molar-refractivity contribution >= 4 is 33.2 Å². The Kier molecular flexibility index (Phi) is 6.45. The Morgan fingerprint density at radius 3 is 2.76 bits per heavy atom. The number of piperidine rings is 1. The minimum Gasteiger partial charge on any atom is -0.495 e. The molecule has 0 radical (unpaired) electrons. The van der Waals surface area contributed by atoms with Gasteiger partial charge in [-0.3, -0.25) is 4.79 Å². The fraction of sp³-hybridized carbons (Fsp3) is 0.350. The fourth-order valence-electron chi connectivity index (χ4n) is 3.33. The maximum Gasteiger partial charge on any atom is 0.246 e. The number of nitrogens with one attached hydrogen (secondary N) is 1. The summed E-state index contributed by atoms with van der Waals surface area (Å²) in [6.45, 7) is 2.11. The molecular formula is C20H22ClFN2O4S. The maximum absolute atomic E-state index is 13.7. The molecule has 0 aromatic heterocycles. The van der Waals surface area contributed by atoms with E-state index in [-0.39, 0.29) is 29.6 Å². The Morgan fingerprint density at radius 2 is 2.03 bits per heavy atom. The lowest BCUT2D eigenvalue weighted by Gasteiger charge is -2.31. The molecule has 1 fully saturated rings. The Bertz CT molecular complexity index is 1030. The number of carbonyl (C=O) groups excluding carboxylic acids is 1. The molecule has 0 spiro atoms. The van der Waals surface area contributed by atoms with Gasteiger partial charge < -0.3 is 10.1 Å². The fourth-order valence-corrected chi connectivity index (χ4v) is 5.19. The number of aryl methyl sites for hydroxylation is 1. The normalized spacial score (nSPS) is 17.7. The number of carbonyl (C=O) groups is 1. The Hall–Kier alpha value is -2.16. The van der Waals surface area contributed by atoms with Gasteiger partial charge in [0.2, 0.25) is 15.9 Å². The van der Waals surface area contributed by atoms with Crippen LogP contribution in [0.5, 0.6) is 5.75 Å². The van der Waals surface area contributed by atoms with Gasteiger partial charge in [-0.2, -0.15) is 4.31 Å². The van der Waals surface area contributed by atoms with E-state index in [1.807, 2.05) is 6.92 Å². The van der Waals surface area contributed by atoms with Crippen LogP contribution in [0.3, 0.4) is 0 Å². The third-order valence-electron chi connectivity index (χ3n) is 4.96. The van der Waals surface area contributed by atoms with Gasteiger partial charge in [0, 0.05) is 23.8 Å². The van der Waals surface area contributed by atoms with Crippen molar-refractivity contribution in [3.8, 4) is 5.75 Å². The Morgan fingerprint density at radius 1 is 1.28 bits per heavy atom. The molecule has 2 aromatic carbocycles. The van der Waals surface area contributed by atoms with Crippen molar-refractivity contribution in [2.45, 2.75) is 24.7 Å². The molecule has 1 amide bonds. The van der Waals surface area contributed by atoms with Gasteiger partial charge in [0.25, 0.3) is 0 Å². The van der Waals surface area contributed by atoms with Crippen molar-refractivity contribution < 1.29 is 22.3 Å². The van der Waals surface area contributed by atoms with Crippen molar-refractivity contribution in [2.24, 2.45) is 5.92 Å². The summed E-state index contributed by atoms with van der Waals surface area (Å²) in [7, 11) is -2.69. The van der Waals surface area contributed by atoms with Crippen LogP contribution >= 0.6 is 11.6 Å². The van der Waals surface area contributed by atoms with Crippen LogP contribution in [0, 0.1) is 18.7 Å². The van der Waals surface area contributed by atoms with Crippen LogP contribution in [-0.4, -0.2) is 38.8 Å². The molecule has 29 heavy (non-hydrogen) atoms. The van der Waals surface area contributed by atoms with E-state index >= 15 is 0 Å². The highest BCUT2D eigenvalue weighted by Crippen LogP contribution is 2.31. The van der Waals surface area contributed by atoms with E-state index in [0.29, 0.717) is 23.6 Å². The SMILES string of the molecule is COc1ccc(F)cc1S(=O)(=O)N1CCC[C@H](C(=O)Nc2cc(Cl)ccc2C)C1. The van der Waals surface area contributed by atoms with Gasteiger partial charge in [-0.25, -0.2) is 12.8 Å². The van der Waals surface area contributed by atoms with Crippen molar-refractivity contribution in [3.05, 3.63) is 52.8 Å². The van der Waals surface area contributed by atoms with Crippen LogP contribution in [0.1, 0.15) is 18.4 Å².